The molecule has 1 aromatic carbocycles. The zero-order valence-electron chi connectivity index (χ0n) is 10.9. The smallest absolute Gasteiger partial charge is 0.270 e. The summed E-state index contributed by atoms with van der Waals surface area (Å²) in [5.41, 5.74) is 0.870. The van der Waals surface area contributed by atoms with Crippen molar-refractivity contribution in [1.82, 2.24) is 0 Å². The van der Waals surface area contributed by atoms with Crippen LogP contribution in [-0.4, -0.2) is 22.1 Å². The fourth-order valence-electron chi connectivity index (χ4n) is 1.78. The number of nitrogens with zero attached hydrogens (tertiary/aromatic N) is 3. The van der Waals surface area contributed by atoms with Gasteiger partial charge >= 0.3 is 0 Å². The molecule has 0 bridgehead atoms. The van der Waals surface area contributed by atoms with Crippen LogP contribution in [0.15, 0.2) is 53.9 Å². The lowest BCUT2D eigenvalue weighted by Gasteiger charge is -1.99. The average molecular weight is 286 g/mol. The number of aromatic nitrogens is 1. The number of nitro groups is 1. The number of benzene rings is 1. The molecule has 0 radical (unpaired) electrons. The first-order valence-electron chi connectivity index (χ1n) is 6.04. The topological polar surface area (TPSA) is 96.7 Å². The number of nitro benzene ring substituents is 1. The van der Waals surface area contributed by atoms with E-state index in [0.29, 0.717) is 5.56 Å². The molecule has 0 saturated heterocycles. The Morgan fingerprint density at radius 2 is 2.05 bits per heavy atom. The van der Waals surface area contributed by atoms with E-state index in [2.05, 4.69) is 5.16 Å². The van der Waals surface area contributed by atoms with Crippen molar-refractivity contribution in [3.63, 3.8) is 0 Å². The van der Waals surface area contributed by atoms with Crippen molar-refractivity contribution in [1.29, 1.82) is 0 Å². The number of carbonyl (C=O) groups excluding carboxylic acids is 1. The van der Waals surface area contributed by atoms with Crippen LogP contribution in [0.2, 0.25) is 0 Å². The van der Waals surface area contributed by atoms with E-state index < -0.39 is 4.92 Å². The van der Waals surface area contributed by atoms with Crippen molar-refractivity contribution in [2.24, 2.45) is 5.16 Å². The summed E-state index contributed by atoms with van der Waals surface area (Å²) in [6.45, 7) is 0.0672. The second-order valence-corrected chi connectivity index (χ2v) is 4.28. The molecular formula is C14H12N3O4+. The molecule has 0 spiro atoms. The Balaban J connectivity index is 2.14. The Bertz CT molecular complexity index is 696. The molecule has 0 aliphatic carbocycles. The van der Waals surface area contributed by atoms with E-state index in [1.165, 1.54) is 24.4 Å². The molecule has 0 aliphatic heterocycles. The van der Waals surface area contributed by atoms with Gasteiger partial charge in [-0.15, -0.1) is 0 Å². The highest BCUT2D eigenvalue weighted by Crippen LogP contribution is 2.13. The minimum absolute atomic E-state index is 0.0672. The predicted molar refractivity (Wildman–Crippen MR) is 73.4 cm³/mol. The first-order chi connectivity index (χ1) is 10.1. The Hall–Kier alpha value is -3.09. The Labute approximate surface area is 119 Å². The number of hydrogen-bond donors (Lipinski definition) is 1. The Morgan fingerprint density at radius 1 is 1.33 bits per heavy atom. The van der Waals surface area contributed by atoms with E-state index in [4.69, 9.17) is 5.21 Å². The van der Waals surface area contributed by atoms with Crippen molar-refractivity contribution < 1.29 is 19.5 Å². The number of ketones is 1. The lowest BCUT2D eigenvalue weighted by Crippen LogP contribution is -2.37. The lowest BCUT2D eigenvalue weighted by molar-refractivity contribution is -0.683. The normalized spacial score (nSPS) is 10.7. The molecule has 0 atom stereocenters. The molecule has 0 fully saturated rings. The maximum atomic E-state index is 12.1. The number of oxime groups is 1. The van der Waals surface area contributed by atoms with Gasteiger partial charge in [0, 0.05) is 35.4 Å². The van der Waals surface area contributed by atoms with Gasteiger partial charge in [0.1, 0.15) is 0 Å². The van der Waals surface area contributed by atoms with Crippen LogP contribution in [0.1, 0.15) is 15.9 Å². The van der Waals surface area contributed by atoms with E-state index in [-0.39, 0.29) is 23.6 Å². The highest BCUT2D eigenvalue weighted by Gasteiger charge is 2.15. The van der Waals surface area contributed by atoms with Crippen LogP contribution in [0, 0.1) is 10.1 Å². The number of Topliss-reactive ketones (excluding diaryl/α,β-unsaturated/α-hetero) is 1. The minimum atomic E-state index is -0.535. The maximum Gasteiger partial charge on any atom is 0.270 e. The molecule has 2 rings (SSSR count). The Morgan fingerprint density at radius 3 is 2.67 bits per heavy atom. The third-order valence-electron chi connectivity index (χ3n) is 2.83. The van der Waals surface area contributed by atoms with Crippen molar-refractivity contribution in [3.8, 4) is 0 Å². The second kappa shape index (κ2) is 6.38. The van der Waals surface area contributed by atoms with Gasteiger partial charge in [0.05, 0.1) is 11.1 Å². The summed E-state index contributed by atoms with van der Waals surface area (Å²) in [5.74, 6) is -0.229. The summed E-state index contributed by atoms with van der Waals surface area (Å²) in [6.07, 6.45) is 4.59. The van der Waals surface area contributed by atoms with Gasteiger partial charge in [-0.2, -0.15) is 4.57 Å². The van der Waals surface area contributed by atoms with Crippen LogP contribution in [0.3, 0.4) is 0 Å². The third-order valence-corrected chi connectivity index (χ3v) is 2.83. The molecule has 0 aliphatic rings. The van der Waals surface area contributed by atoms with Crippen LogP contribution in [0.25, 0.3) is 0 Å². The van der Waals surface area contributed by atoms with Crippen LogP contribution >= 0.6 is 0 Å². The number of rotatable bonds is 5. The molecule has 2 aromatic rings. The summed E-state index contributed by atoms with van der Waals surface area (Å²) < 4.78 is 1.63. The fourth-order valence-corrected chi connectivity index (χ4v) is 1.78. The van der Waals surface area contributed by atoms with E-state index >= 15 is 0 Å². The van der Waals surface area contributed by atoms with Gasteiger partial charge in [0.2, 0.25) is 12.3 Å². The van der Waals surface area contributed by atoms with Gasteiger partial charge in [-0.25, -0.2) is 0 Å². The van der Waals surface area contributed by atoms with Crippen LogP contribution in [-0.2, 0) is 6.54 Å². The molecule has 1 N–H and O–H groups in total. The molecular weight excluding hydrogens is 274 g/mol. The molecule has 0 saturated carbocycles. The van der Waals surface area contributed by atoms with E-state index in [9.17, 15) is 14.9 Å². The summed E-state index contributed by atoms with van der Waals surface area (Å²) in [4.78, 5) is 22.2. The van der Waals surface area contributed by atoms with Crippen molar-refractivity contribution in [2.75, 3.05) is 0 Å². The molecule has 1 heterocycles. The average Bonchev–Trinajstić information content (AvgIpc) is 2.49. The summed E-state index contributed by atoms with van der Waals surface area (Å²) in [6, 6.07) is 8.99. The molecule has 7 nitrogen and oxygen atoms in total. The van der Waals surface area contributed by atoms with Crippen LogP contribution in [0.5, 0.6) is 0 Å². The first kappa shape index (κ1) is 14.3. The Kier molecular flexibility index (Phi) is 4.35. The van der Waals surface area contributed by atoms with Crippen LogP contribution < -0.4 is 4.57 Å². The zero-order chi connectivity index (χ0) is 15.2. The fraction of sp³-hybridized carbons (Fsp3) is 0.0714. The van der Waals surface area contributed by atoms with Crippen molar-refractivity contribution >= 4 is 17.7 Å². The number of hydrogen-bond acceptors (Lipinski definition) is 5. The summed E-state index contributed by atoms with van der Waals surface area (Å²) in [5, 5.41) is 22.0. The molecule has 1 aromatic heterocycles. The quantitative estimate of drug-likeness (QED) is 0.225. The molecule has 0 unspecified atom stereocenters. The zero-order valence-corrected chi connectivity index (χ0v) is 10.9. The standard InChI is InChI=1S/C14H11N3O4/c18-14(12-2-1-3-13(8-12)17(20)21)10-16-6-4-11(5-7-16)9-15-19/h1-9H,10H2/p+1. The second-order valence-electron chi connectivity index (χ2n) is 4.28. The third kappa shape index (κ3) is 3.69. The summed E-state index contributed by atoms with van der Waals surface area (Å²) in [7, 11) is 0. The molecule has 106 valence electrons. The first-order valence-corrected chi connectivity index (χ1v) is 6.04. The molecule has 0 amide bonds. The van der Waals surface area contributed by atoms with E-state index in [0.717, 1.165) is 0 Å². The monoisotopic (exact) mass is 286 g/mol. The van der Waals surface area contributed by atoms with Crippen molar-refractivity contribution in [2.45, 2.75) is 6.54 Å². The number of pyridine rings is 1. The lowest BCUT2D eigenvalue weighted by atomic mass is 10.1. The van der Waals surface area contributed by atoms with E-state index in [1.54, 1.807) is 35.2 Å². The number of non-ortho nitro benzene ring substituents is 1. The van der Waals surface area contributed by atoms with Gasteiger partial charge in [-0.1, -0.05) is 17.3 Å². The maximum absolute atomic E-state index is 12.1. The van der Waals surface area contributed by atoms with E-state index in [1.807, 2.05) is 0 Å². The van der Waals surface area contributed by atoms with Gasteiger partial charge < -0.3 is 5.21 Å². The van der Waals surface area contributed by atoms with Gasteiger partial charge in [-0.3, -0.25) is 14.9 Å². The van der Waals surface area contributed by atoms with Crippen LogP contribution in [0.4, 0.5) is 5.69 Å². The predicted octanol–water partition coefficient (Wildman–Crippen LogP) is 1.57. The minimum Gasteiger partial charge on any atom is -0.411 e. The van der Waals surface area contributed by atoms with Gasteiger partial charge in [0.15, 0.2) is 12.4 Å². The van der Waals surface area contributed by atoms with Gasteiger partial charge in [-0.05, 0) is 0 Å². The molecule has 21 heavy (non-hydrogen) atoms. The number of carbonyl (C=O) groups is 1. The molecule has 7 heteroatoms. The summed E-state index contributed by atoms with van der Waals surface area (Å²) >= 11 is 0. The van der Waals surface area contributed by atoms with Gasteiger partial charge in [0.25, 0.3) is 5.69 Å². The SMILES string of the molecule is O=C(C[n+]1ccc(C=NO)cc1)c1cccc([N+](=O)[O-])c1. The largest absolute Gasteiger partial charge is 0.411 e. The van der Waals surface area contributed by atoms with Crippen molar-refractivity contribution in [3.05, 3.63) is 70.0 Å². The highest BCUT2D eigenvalue weighted by molar-refractivity contribution is 5.95. The highest BCUT2D eigenvalue weighted by atomic mass is 16.6.